The zero-order valence-corrected chi connectivity index (χ0v) is 15.1. The Labute approximate surface area is 145 Å². The lowest BCUT2D eigenvalue weighted by Gasteiger charge is -2.35. The molecule has 1 aromatic rings. The number of benzene rings is 1. The average molecular weight is 326 g/mol. The van der Waals surface area contributed by atoms with Gasteiger partial charge >= 0.3 is 0 Å². The van der Waals surface area contributed by atoms with E-state index >= 15 is 0 Å². The average Bonchev–Trinajstić information content (AvgIpc) is 3.21. The number of rotatable bonds is 3. The van der Waals surface area contributed by atoms with E-state index in [1.165, 1.54) is 49.0 Å². The lowest BCUT2D eigenvalue weighted by molar-refractivity contribution is -0.134. The third-order valence-electron chi connectivity index (χ3n) is 6.68. The molecule has 3 heteroatoms. The topological polar surface area (TPSA) is 32.3 Å². The zero-order chi connectivity index (χ0) is 16.7. The fraction of sp³-hybridized carbons (Fsp3) is 0.667. The third-order valence-corrected chi connectivity index (χ3v) is 6.68. The van der Waals surface area contributed by atoms with Crippen molar-refractivity contribution in [3.8, 4) is 0 Å². The molecule has 1 N–H and O–H groups in total. The summed E-state index contributed by atoms with van der Waals surface area (Å²) in [6.07, 6.45) is 4.79. The van der Waals surface area contributed by atoms with Crippen molar-refractivity contribution in [1.29, 1.82) is 0 Å². The maximum atomic E-state index is 12.8. The summed E-state index contributed by atoms with van der Waals surface area (Å²) in [5.41, 5.74) is 4.05. The van der Waals surface area contributed by atoms with Gasteiger partial charge in [0.1, 0.15) is 0 Å². The minimum atomic E-state index is 0.247. The van der Waals surface area contributed by atoms with Crippen LogP contribution in [0.15, 0.2) is 18.2 Å². The van der Waals surface area contributed by atoms with Crippen molar-refractivity contribution in [1.82, 2.24) is 10.2 Å². The van der Waals surface area contributed by atoms with E-state index in [2.05, 4.69) is 42.3 Å². The summed E-state index contributed by atoms with van der Waals surface area (Å²) in [5, 5.41) is 3.48. The number of aryl methyl sites for hydroxylation is 2. The van der Waals surface area contributed by atoms with Gasteiger partial charge in [-0.1, -0.05) is 18.2 Å². The summed E-state index contributed by atoms with van der Waals surface area (Å²) in [5.74, 6) is 2.82. The number of hydrogen-bond acceptors (Lipinski definition) is 2. The van der Waals surface area contributed by atoms with E-state index in [9.17, 15) is 4.79 Å². The van der Waals surface area contributed by atoms with E-state index in [-0.39, 0.29) is 5.92 Å². The minimum Gasteiger partial charge on any atom is -0.342 e. The molecule has 24 heavy (non-hydrogen) atoms. The first-order valence-corrected chi connectivity index (χ1v) is 9.70. The second-order valence-electron chi connectivity index (χ2n) is 8.21. The number of hydrogen-bond donors (Lipinski definition) is 1. The molecule has 1 aliphatic carbocycles. The van der Waals surface area contributed by atoms with Crippen molar-refractivity contribution in [3.63, 3.8) is 0 Å². The van der Waals surface area contributed by atoms with Crippen LogP contribution < -0.4 is 5.32 Å². The Morgan fingerprint density at radius 3 is 2.54 bits per heavy atom. The van der Waals surface area contributed by atoms with Crippen molar-refractivity contribution >= 4 is 5.91 Å². The van der Waals surface area contributed by atoms with Crippen LogP contribution in [-0.4, -0.2) is 37.0 Å². The molecule has 4 rings (SSSR count). The summed E-state index contributed by atoms with van der Waals surface area (Å²) in [6, 6.07) is 6.71. The zero-order valence-electron chi connectivity index (χ0n) is 15.1. The quantitative estimate of drug-likeness (QED) is 0.925. The normalized spacial score (nSPS) is 30.6. The summed E-state index contributed by atoms with van der Waals surface area (Å²) in [6.45, 7) is 8.66. The van der Waals surface area contributed by atoms with Crippen LogP contribution in [0.2, 0.25) is 0 Å². The molecule has 3 aliphatic rings. The summed E-state index contributed by atoms with van der Waals surface area (Å²) in [7, 11) is 0. The van der Waals surface area contributed by atoms with E-state index in [1.54, 1.807) is 0 Å². The van der Waals surface area contributed by atoms with Gasteiger partial charge in [-0.3, -0.25) is 4.79 Å². The second kappa shape index (κ2) is 6.51. The van der Waals surface area contributed by atoms with E-state index < -0.39 is 0 Å². The van der Waals surface area contributed by atoms with Crippen LogP contribution in [0.25, 0.3) is 0 Å². The highest BCUT2D eigenvalue weighted by Crippen LogP contribution is 2.49. The predicted octanol–water partition coefficient (Wildman–Crippen LogP) is 3.26. The van der Waals surface area contributed by atoms with Crippen LogP contribution in [0.5, 0.6) is 0 Å². The molecule has 0 radical (unpaired) electrons. The van der Waals surface area contributed by atoms with Crippen molar-refractivity contribution < 1.29 is 4.79 Å². The number of likely N-dealkylation sites (tertiary alicyclic amines) is 1. The molecule has 3 nitrogen and oxygen atoms in total. The second-order valence-corrected chi connectivity index (χ2v) is 8.21. The van der Waals surface area contributed by atoms with Gasteiger partial charge in [-0.05, 0) is 87.1 Å². The van der Waals surface area contributed by atoms with E-state index in [4.69, 9.17) is 0 Å². The van der Waals surface area contributed by atoms with Crippen molar-refractivity contribution in [3.05, 3.63) is 34.9 Å². The summed E-state index contributed by atoms with van der Waals surface area (Å²) >= 11 is 0. The van der Waals surface area contributed by atoms with Gasteiger partial charge in [0.25, 0.3) is 0 Å². The molecule has 1 saturated carbocycles. The maximum Gasteiger partial charge on any atom is 0.226 e. The van der Waals surface area contributed by atoms with Gasteiger partial charge in [0.05, 0.1) is 0 Å². The Bertz CT molecular complexity index is 612. The fourth-order valence-electron chi connectivity index (χ4n) is 4.74. The Morgan fingerprint density at radius 2 is 1.88 bits per heavy atom. The lowest BCUT2D eigenvalue weighted by atomic mass is 9.83. The van der Waals surface area contributed by atoms with Gasteiger partial charge < -0.3 is 10.2 Å². The van der Waals surface area contributed by atoms with Gasteiger partial charge in [0, 0.05) is 19.0 Å². The molecule has 0 spiro atoms. The van der Waals surface area contributed by atoms with Crippen LogP contribution in [0.3, 0.4) is 0 Å². The maximum absolute atomic E-state index is 12.8. The molecule has 0 bridgehead atoms. The molecule has 0 aromatic heterocycles. The summed E-state index contributed by atoms with van der Waals surface area (Å²) < 4.78 is 0. The molecule has 2 aliphatic heterocycles. The standard InChI is InChI=1S/C21H30N2O/c1-14-3-4-17(11-15(14)2)19-12-20(19)21(24)23-9-6-16(7-10-23)18-5-8-22-13-18/h3-4,11,16,18-20,22H,5-10,12-13H2,1-2H3/t18?,19-,20+/m0/s1. The van der Waals surface area contributed by atoms with E-state index in [1.807, 2.05) is 0 Å². The Kier molecular flexibility index (Phi) is 4.38. The molecule has 2 saturated heterocycles. The minimum absolute atomic E-state index is 0.247. The van der Waals surface area contributed by atoms with Gasteiger partial charge in [-0.2, -0.15) is 0 Å². The first-order chi connectivity index (χ1) is 11.6. The van der Waals surface area contributed by atoms with Crippen molar-refractivity contribution in [2.45, 2.75) is 45.4 Å². The first-order valence-electron chi connectivity index (χ1n) is 9.70. The van der Waals surface area contributed by atoms with Crippen LogP contribution in [0, 0.1) is 31.6 Å². The van der Waals surface area contributed by atoms with Crippen LogP contribution in [0.4, 0.5) is 0 Å². The highest BCUT2D eigenvalue weighted by molar-refractivity contribution is 5.83. The van der Waals surface area contributed by atoms with Gasteiger partial charge in [-0.25, -0.2) is 0 Å². The van der Waals surface area contributed by atoms with Gasteiger partial charge in [0.2, 0.25) is 5.91 Å². The number of carbonyl (C=O) groups is 1. The highest BCUT2D eigenvalue weighted by Gasteiger charge is 2.46. The molecular weight excluding hydrogens is 296 g/mol. The third kappa shape index (κ3) is 3.11. The Balaban J connectivity index is 1.32. The molecular formula is C21H30N2O. The number of nitrogens with one attached hydrogen (secondary N) is 1. The van der Waals surface area contributed by atoms with Crippen molar-refractivity contribution in [2.24, 2.45) is 17.8 Å². The predicted molar refractivity (Wildman–Crippen MR) is 97.0 cm³/mol. The monoisotopic (exact) mass is 326 g/mol. The fourth-order valence-corrected chi connectivity index (χ4v) is 4.74. The summed E-state index contributed by atoms with van der Waals surface area (Å²) in [4.78, 5) is 15.0. The number of amides is 1. The van der Waals surface area contributed by atoms with Crippen LogP contribution in [0.1, 0.15) is 48.3 Å². The number of piperidine rings is 1. The van der Waals surface area contributed by atoms with Crippen LogP contribution in [-0.2, 0) is 4.79 Å². The molecule has 3 atom stereocenters. The first kappa shape index (κ1) is 16.1. The Hall–Kier alpha value is -1.35. The number of carbonyl (C=O) groups excluding carboxylic acids is 1. The van der Waals surface area contributed by atoms with Crippen molar-refractivity contribution in [2.75, 3.05) is 26.2 Å². The molecule has 1 unspecified atom stereocenters. The molecule has 1 amide bonds. The highest BCUT2D eigenvalue weighted by atomic mass is 16.2. The lowest BCUT2D eigenvalue weighted by Crippen LogP contribution is -2.41. The van der Waals surface area contributed by atoms with Gasteiger partial charge in [-0.15, -0.1) is 0 Å². The van der Waals surface area contributed by atoms with Crippen LogP contribution >= 0.6 is 0 Å². The van der Waals surface area contributed by atoms with E-state index in [0.29, 0.717) is 11.8 Å². The Morgan fingerprint density at radius 1 is 1.08 bits per heavy atom. The number of nitrogens with zero attached hydrogens (tertiary/aromatic N) is 1. The molecule has 2 heterocycles. The van der Waals surface area contributed by atoms with Gasteiger partial charge in [0.15, 0.2) is 0 Å². The van der Waals surface area contributed by atoms with E-state index in [0.717, 1.165) is 31.3 Å². The largest absolute Gasteiger partial charge is 0.342 e. The molecule has 130 valence electrons. The SMILES string of the molecule is Cc1ccc([C@@H]2C[C@H]2C(=O)N2CCC(C3CCNC3)CC2)cc1C. The smallest absolute Gasteiger partial charge is 0.226 e. The molecule has 3 fully saturated rings. The molecule has 1 aromatic carbocycles.